The summed E-state index contributed by atoms with van der Waals surface area (Å²) in [5, 5.41) is 5.58. The highest BCUT2D eigenvalue weighted by atomic mass is 32.1. The molecule has 2 N–H and O–H groups in total. The molecule has 0 amide bonds. The van der Waals surface area contributed by atoms with Crippen molar-refractivity contribution in [3.05, 3.63) is 60.4 Å². The van der Waals surface area contributed by atoms with Crippen LogP contribution in [-0.4, -0.2) is 22.2 Å². The first-order valence-electron chi connectivity index (χ1n) is 6.43. The van der Waals surface area contributed by atoms with Crippen LogP contribution in [0.4, 0.5) is 5.69 Å². The first kappa shape index (κ1) is 14.4. The molecule has 5 heteroatoms. The second-order valence-corrected chi connectivity index (χ2v) is 4.85. The van der Waals surface area contributed by atoms with E-state index in [-0.39, 0.29) is 6.04 Å². The van der Waals surface area contributed by atoms with Crippen LogP contribution in [0.2, 0.25) is 0 Å². The van der Waals surface area contributed by atoms with Crippen molar-refractivity contribution in [1.29, 1.82) is 0 Å². The van der Waals surface area contributed by atoms with Crippen molar-refractivity contribution in [2.24, 2.45) is 0 Å². The van der Waals surface area contributed by atoms with Gasteiger partial charge < -0.3 is 5.32 Å². The number of pyridine rings is 1. The minimum absolute atomic E-state index is 0.0803. The minimum Gasteiger partial charge on any atom is -0.332 e. The molecule has 1 atom stereocenters. The van der Waals surface area contributed by atoms with E-state index in [0.29, 0.717) is 5.11 Å². The van der Waals surface area contributed by atoms with Crippen molar-refractivity contribution in [3.63, 3.8) is 0 Å². The molecule has 1 aromatic carbocycles. The maximum Gasteiger partial charge on any atom is 0.187 e. The quantitative estimate of drug-likeness (QED) is 0.668. The average molecular weight is 286 g/mol. The molecule has 20 heavy (non-hydrogen) atoms. The first-order chi connectivity index (χ1) is 9.66. The number of rotatable bonds is 4. The molecule has 0 saturated heterocycles. The van der Waals surface area contributed by atoms with Gasteiger partial charge in [0.2, 0.25) is 0 Å². The van der Waals surface area contributed by atoms with E-state index in [1.807, 2.05) is 62.5 Å². The van der Waals surface area contributed by atoms with Crippen molar-refractivity contribution in [2.75, 3.05) is 12.4 Å². The zero-order chi connectivity index (χ0) is 14.4. The van der Waals surface area contributed by atoms with Crippen LogP contribution in [0.5, 0.6) is 0 Å². The number of hydrazine groups is 1. The summed E-state index contributed by atoms with van der Waals surface area (Å²) in [6, 6.07) is 15.8. The monoisotopic (exact) mass is 286 g/mol. The van der Waals surface area contributed by atoms with Crippen LogP contribution in [0.3, 0.4) is 0 Å². The third-order valence-corrected chi connectivity index (χ3v) is 3.22. The lowest BCUT2D eigenvalue weighted by molar-refractivity contribution is 0.319. The Morgan fingerprint density at radius 2 is 1.85 bits per heavy atom. The molecule has 2 rings (SSSR count). The lowest BCUT2D eigenvalue weighted by atomic mass is 10.2. The summed E-state index contributed by atoms with van der Waals surface area (Å²) in [7, 11) is 1.89. The third-order valence-electron chi connectivity index (χ3n) is 2.85. The zero-order valence-corrected chi connectivity index (χ0v) is 12.4. The summed E-state index contributed by atoms with van der Waals surface area (Å²) in [6.07, 6.45) is 1.79. The van der Waals surface area contributed by atoms with Gasteiger partial charge in [-0.25, -0.2) is 5.43 Å². The van der Waals surface area contributed by atoms with Gasteiger partial charge in [0.05, 0.1) is 11.7 Å². The van der Waals surface area contributed by atoms with Gasteiger partial charge in [0.15, 0.2) is 5.11 Å². The van der Waals surface area contributed by atoms with Crippen LogP contribution >= 0.6 is 12.2 Å². The Hall–Kier alpha value is -1.98. The second kappa shape index (κ2) is 6.98. The maximum atomic E-state index is 5.36. The van der Waals surface area contributed by atoms with Crippen molar-refractivity contribution in [2.45, 2.75) is 13.0 Å². The number of hydrogen-bond acceptors (Lipinski definition) is 3. The van der Waals surface area contributed by atoms with Gasteiger partial charge in [-0.15, -0.1) is 0 Å². The highest BCUT2D eigenvalue weighted by molar-refractivity contribution is 7.80. The molecular formula is C15H18N4S. The fourth-order valence-electron chi connectivity index (χ4n) is 1.78. The summed E-state index contributed by atoms with van der Waals surface area (Å²) < 4.78 is 0. The van der Waals surface area contributed by atoms with Crippen molar-refractivity contribution in [3.8, 4) is 0 Å². The Labute approximate surface area is 124 Å². The van der Waals surface area contributed by atoms with E-state index in [2.05, 4.69) is 15.7 Å². The van der Waals surface area contributed by atoms with Gasteiger partial charge in [-0.05, 0) is 43.4 Å². The number of thiocarbonyl (C=S) groups is 1. The van der Waals surface area contributed by atoms with Gasteiger partial charge >= 0.3 is 0 Å². The van der Waals surface area contributed by atoms with E-state index in [9.17, 15) is 0 Å². The Bertz CT molecular complexity index is 544. The summed E-state index contributed by atoms with van der Waals surface area (Å²) in [5.41, 5.74) is 5.23. The fourth-order valence-corrected chi connectivity index (χ4v) is 1.95. The SMILES string of the molecule is C[C@@H](NN(C)C(=S)Nc1ccccc1)c1ccccn1. The summed E-state index contributed by atoms with van der Waals surface area (Å²) in [5.74, 6) is 0. The molecule has 1 aromatic heterocycles. The molecule has 0 fully saturated rings. The number of benzene rings is 1. The van der Waals surface area contributed by atoms with Crippen LogP contribution in [-0.2, 0) is 0 Å². The zero-order valence-electron chi connectivity index (χ0n) is 11.6. The van der Waals surface area contributed by atoms with Crippen LogP contribution in [0.1, 0.15) is 18.7 Å². The molecule has 0 bridgehead atoms. The van der Waals surface area contributed by atoms with Gasteiger partial charge in [-0.2, -0.15) is 0 Å². The number of hydrogen-bond donors (Lipinski definition) is 2. The number of nitrogens with zero attached hydrogens (tertiary/aromatic N) is 2. The van der Waals surface area contributed by atoms with Gasteiger partial charge in [-0.3, -0.25) is 9.99 Å². The number of aromatic nitrogens is 1. The summed E-state index contributed by atoms with van der Waals surface area (Å²) >= 11 is 5.36. The topological polar surface area (TPSA) is 40.2 Å². The Morgan fingerprint density at radius 1 is 1.15 bits per heavy atom. The summed E-state index contributed by atoms with van der Waals surface area (Å²) in [4.78, 5) is 4.32. The number of nitrogens with one attached hydrogen (secondary N) is 2. The van der Waals surface area contributed by atoms with Crippen molar-refractivity contribution < 1.29 is 0 Å². The van der Waals surface area contributed by atoms with E-state index in [1.165, 1.54) is 0 Å². The molecule has 0 unspecified atom stereocenters. The molecule has 4 nitrogen and oxygen atoms in total. The summed E-state index contributed by atoms with van der Waals surface area (Å²) in [6.45, 7) is 2.05. The van der Waals surface area contributed by atoms with Crippen molar-refractivity contribution >= 4 is 23.0 Å². The molecule has 1 heterocycles. The predicted octanol–water partition coefficient (Wildman–Crippen LogP) is 2.98. The highest BCUT2D eigenvalue weighted by Gasteiger charge is 2.10. The van der Waals surface area contributed by atoms with Gasteiger partial charge in [-0.1, -0.05) is 24.3 Å². The molecule has 0 radical (unpaired) electrons. The van der Waals surface area contributed by atoms with E-state index in [0.717, 1.165) is 11.4 Å². The van der Waals surface area contributed by atoms with Gasteiger partial charge in [0.1, 0.15) is 0 Å². The molecule has 0 aliphatic carbocycles. The third kappa shape index (κ3) is 4.01. The van der Waals surface area contributed by atoms with Gasteiger partial charge in [0, 0.05) is 18.9 Å². The van der Waals surface area contributed by atoms with E-state index >= 15 is 0 Å². The lowest BCUT2D eigenvalue weighted by Crippen LogP contribution is -2.43. The standard InChI is InChI=1S/C15H18N4S/c1-12(14-10-6-7-11-16-14)18-19(2)15(20)17-13-8-4-3-5-9-13/h3-12,18H,1-2H3,(H,17,20)/t12-/m1/s1. The normalized spacial score (nSPS) is 11.7. The molecule has 104 valence electrons. The molecule has 0 spiro atoms. The van der Waals surface area contributed by atoms with Crippen LogP contribution < -0.4 is 10.7 Å². The Balaban J connectivity index is 1.91. The fraction of sp³-hybridized carbons (Fsp3) is 0.200. The molecule has 0 saturated carbocycles. The second-order valence-electron chi connectivity index (χ2n) is 4.46. The van der Waals surface area contributed by atoms with Gasteiger partial charge in [0.25, 0.3) is 0 Å². The van der Waals surface area contributed by atoms with Crippen molar-refractivity contribution in [1.82, 2.24) is 15.4 Å². The van der Waals surface area contributed by atoms with Crippen LogP contribution in [0, 0.1) is 0 Å². The molecule has 0 aliphatic rings. The van der Waals surface area contributed by atoms with Crippen LogP contribution in [0.15, 0.2) is 54.7 Å². The molecule has 2 aromatic rings. The molecular weight excluding hydrogens is 268 g/mol. The minimum atomic E-state index is 0.0803. The number of anilines is 1. The van der Waals surface area contributed by atoms with E-state index in [1.54, 1.807) is 11.2 Å². The average Bonchev–Trinajstić information content (AvgIpc) is 2.49. The molecule has 0 aliphatic heterocycles. The highest BCUT2D eigenvalue weighted by Crippen LogP contribution is 2.10. The largest absolute Gasteiger partial charge is 0.332 e. The maximum absolute atomic E-state index is 5.36. The Kier molecular flexibility index (Phi) is 5.03. The predicted molar refractivity (Wildman–Crippen MR) is 86.2 cm³/mol. The number of para-hydroxylation sites is 1. The first-order valence-corrected chi connectivity index (χ1v) is 6.84. The van der Waals surface area contributed by atoms with E-state index < -0.39 is 0 Å². The smallest absolute Gasteiger partial charge is 0.187 e. The lowest BCUT2D eigenvalue weighted by Gasteiger charge is -2.25. The van der Waals surface area contributed by atoms with Crippen LogP contribution in [0.25, 0.3) is 0 Å². The van der Waals surface area contributed by atoms with E-state index in [4.69, 9.17) is 12.2 Å². The Morgan fingerprint density at radius 3 is 2.50 bits per heavy atom.